The van der Waals surface area contributed by atoms with Crippen LogP contribution in [0.5, 0.6) is 0 Å². The molecule has 6 nitrogen and oxygen atoms in total. The topological polar surface area (TPSA) is 58.6 Å². The lowest BCUT2D eigenvalue weighted by Gasteiger charge is -2.32. The molecule has 3 aromatic rings. The lowest BCUT2D eigenvalue weighted by atomic mass is 9.87. The number of carbonyl (C=O) groups excluding carboxylic acids is 1. The highest BCUT2D eigenvalue weighted by Crippen LogP contribution is 2.39. The van der Waals surface area contributed by atoms with Crippen molar-refractivity contribution in [3.63, 3.8) is 0 Å². The Balaban J connectivity index is 1.45. The van der Waals surface area contributed by atoms with Crippen molar-refractivity contribution in [3.05, 3.63) is 47.9 Å². The molecule has 2 saturated heterocycles. The number of benzene rings is 1. The first kappa shape index (κ1) is 17.5. The Kier molecular flexibility index (Phi) is 4.25. The van der Waals surface area contributed by atoms with E-state index in [1.165, 1.54) is 12.1 Å². The van der Waals surface area contributed by atoms with E-state index in [2.05, 4.69) is 14.9 Å². The van der Waals surface area contributed by atoms with E-state index in [1.807, 2.05) is 11.4 Å². The van der Waals surface area contributed by atoms with Crippen LogP contribution in [0.25, 0.3) is 10.2 Å². The molecule has 4 heterocycles. The van der Waals surface area contributed by atoms with Gasteiger partial charge in [-0.1, -0.05) is 0 Å². The van der Waals surface area contributed by atoms with E-state index in [0.717, 1.165) is 28.3 Å². The van der Waals surface area contributed by atoms with Crippen LogP contribution in [0.3, 0.4) is 0 Å². The fourth-order valence-corrected chi connectivity index (χ4v) is 4.99. The molecule has 1 atom stereocenters. The van der Waals surface area contributed by atoms with E-state index in [1.54, 1.807) is 34.7 Å². The molecule has 28 heavy (non-hydrogen) atoms. The van der Waals surface area contributed by atoms with Gasteiger partial charge in [0.2, 0.25) is 5.91 Å². The van der Waals surface area contributed by atoms with Gasteiger partial charge in [-0.25, -0.2) is 14.4 Å². The van der Waals surface area contributed by atoms with Crippen LogP contribution < -0.4 is 9.80 Å². The Hall–Kier alpha value is -2.58. The van der Waals surface area contributed by atoms with Gasteiger partial charge in [0.25, 0.3) is 0 Å². The summed E-state index contributed by atoms with van der Waals surface area (Å²) >= 11 is 1.62. The molecule has 2 aliphatic rings. The van der Waals surface area contributed by atoms with Gasteiger partial charge in [-0.05, 0) is 35.7 Å². The highest BCUT2D eigenvalue weighted by atomic mass is 32.1. The molecule has 5 rings (SSSR count). The Morgan fingerprint density at radius 1 is 1.14 bits per heavy atom. The SMILES string of the molecule is O=C1CC2(COCCN(c3ncnc4ccsc34)C2)CN1c1ccc(F)cc1. The van der Waals surface area contributed by atoms with Crippen LogP contribution in [-0.4, -0.2) is 48.7 Å². The van der Waals surface area contributed by atoms with E-state index in [-0.39, 0.29) is 17.1 Å². The second kappa shape index (κ2) is 6.79. The molecule has 0 radical (unpaired) electrons. The fraction of sp³-hybridized carbons (Fsp3) is 0.350. The molecule has 0 N–H and O–H groups in total. The number of amides is 1. The normalized spacial score (nSPS) is 23.0. The number of thiophene rings is 1. The first-order valence-corrected chi connectivity index (χ1v) is 10.1. The molecular weight excluding hydrogens is 379 g/mol. The second-order valence-electron chi connectivity index (χ2n) is 7.44. The Morgan fingerprint density at radius 2 is 2.00 bits per heavy atom. The molecule has 144 valence electrons. The molecular formula is C20H19FN4O2S. The van der Waals surface area contributed by atoms with Crippen molar-refractivity contribution in [3.8, 4) is 0 Å². The van der Waals surface area contributed by atoms with Crippen LogP contribution in [0.15, 0.2) is 42.0 Å². The van der Waals surface area contributed by atoms with E-state index in [9.17, 15) is 9.18 Å². The summed E-state index contributed by atoms with van der Waals surface area (Å²) in [5, 5.41) is 2.02. The highest BCUT2D eigenvalue weighted by molar-refractivity contribution is 7.17. The third-order valence-electron chi connectivity index (χ3n) is 5.42. The number of carbonyl (C=O) groups is 1. The quantitative estimate of drug-likeness (QED) is 0.664. The molecule has 2 aromatic heterocycles. The number of hydrogen-bond acceptors (Lipinski definition) is 6. The van der Waals surface area contributed by atoms with Crippen molar-refractivity contribution in [2.24, 2.45) is 5.41 Å². The van der Waals surface area contributed by atoms with E-state index >= 15 is 0 Å². The zero-order valence-corrected chi connectivity index (χ0v) is 16.0. The maximum atomic E-state index is 13.3. The third kappa shape index (κ3) is 3.02. The lowest BCUT2D eigenvalue weighted by molar-refractivity contribution is -0.118. The number of rotatable bonds is 2. The van der Waals surface area contributed by atoms with Crippen LogP contribution in [0.4, 0.5) is 15.9 Å². The first-order chi connectivity index (χ1) is 13.6. The zero-order valence-electron chi connectivity index (χ0n) is 15.2. The number of ether oxygens (including phenoxy) is 1. The Morgan fingerprint density at radius 3 is 2.86 bits per heavy atom. The summed E-state index contributed by atoms with van der Waals surface area (Å²) in [7, 11) is 0. The van der Waals surface area contributed by atoms with Gasteiger partial charge in [-0.2, -0.15) is 0 Å². The van der Waals surface area contributed by atoms with Gasteiger partial charge < -0.3 is 14.5 Å². The molecule has 1 unspecified atom stereocenters. The van der Waals surface area contributed by atoms with Gasteiger partial charge in [0.1, 0.15) is 18.0 Å². The van der Waals surface area contributed by atoms with Crippen molar-refractivity contribution < 1.29 is 13.9 Å². The van der Waals surface area contributed by atoms with Crippen LogP contribution in [0.1, 0.15) is 6.42 Å². The fourth-order valence-electron chi connectivity index (χ4n) is 4.13. The minimum Gasteiger partial charge on any atom is -0.379 e. The van der Waals surface area contributed by atoms with Gasteiger partial charge >= 0.3 is 0 Å². The van der Waals surface area contributed by atoms with Crippen molar-refractivity contribution >= 4 is 39.0 Å². The van der Waals surface area contributed by atoms with E-state index in [0.29, 0.717) is 32.7 Å². The Labute approximate surface area is 165 Å². The highest BCUT2D eigenvalue weighted by Gasteiger charge is 2.46. The minimum atomic E-state index is -0.323. The van der Waals surface area contributed by atoms with E-state index < -0.39 is 0 Å². The van der Waals surface area contributed by atoms with Crippen molar-refractivity contribution in [1.29, 1.82) is 0 Å². The summed E-state index contributed by atoms with van der Waals surface area (Å²) in [6.45, 7) is 3.05. The number of nitrogens with zero attached hydrogens (tertiary/aromatic N) is 4. The largest absolute Gasteiger partial charge is 0.379 e. The van der Waals surface area contributed by atoms with Crippen molar-refractivity contribution in [2.75, 3.05) is 42.6 Å². The molecule has 8 heteroatoms. The van der Waals surface area contributed by atoms with Gasteiger partial charge in [0.05, 0.1) is 23.4 Å². The van der Waals surface area contributed by atoms with Crippen LogP contribution in [-0.2, 0) is 9.53 Å². The number of aromatic nitrogens is 2. The molecule has 2 aliphatic heterocycles. The van der Waals surface area contributed by atoms with E-state index in [4.69, 9.17) is 4.74 Å². The van der Waals surface area contributed by atoms with Crippen LogP contribution in [0.2, 0.25) is 0 Å². The predicted octanol–water partition coefficient (Wildman–Crippen LogP) is 3.09. The van der Waals surface area contributed by atoms with Gasteiger partial charge in [-0.3, -0.25) is 4.79 Å². The summed E-state index contributed by atoms with van der Waals surface area (Å²) in [6.07, 6.45) is 1.99. The number of fused-ring (bicyclic) bond motifs is 1. The predicted molar refractivity (Wildman–Crippen MR) is 106 cm³/mol. The summed E-state index contributed by atoms with van der Waals surface area (Å²) in [4.78, 5) is 25.6. The molecule has 0 bridgehead atoms. The second-order valence-corrected chi connectivity index (χ2v) is 8.36. The molecule has 1 aromatic carbocycles. The molecule has 1 spiro atoms. The summed E-state index contributed by atoms with van der Waals surface area (Å²) in [6, 6.07) is 8.07. The summed E-state index contributed by atoms with van der Waals surface area (Å²) in [5.41, 5.74) is 1.34. The Bertz CT molecular complexity index is 1020. The average molecular weight is 398 g/mol. The van der Waals surface area contributed by atoms with Crippen LogP contribution >= 0.6 is 11.3 Å². The van der Waals surface area contributed by atoms with Gasteiger partial charge in [0, 0.05) is 37.2 Å². The number of anilines is 2. The summed E-state index contributed by atoms with van der Waals surface area (Å²) in [5.74, 6) is 0.636. The maximum Gasteiger partial charge on any atom is 0.227 e. The smallest absolute Gasteiger partial charge is 0.227 e. The molecule has 2 fully saturated rings. The minimum absolute atomic E-state index is 0.0426. The number of hydrogen-bond donors (Lipinski definition) is 0. The monoisotopic (exact) mass is 398 g/mol. The summed E-state index contributed by atoms with van der Waals surface area (Å²) < 4.78 is 20.2. The molecule has 1 amide bonds. The van der Waals surface area contributed by atoms with Gasteiger partial charge in [0.15, 0.2) is 0 Å². The molecule has 0 saturated carbocycles. The zero-order chi connectivity index (χ0) is 19.1. The average Bonchev–Trinajstić information content (AvgIpc) is 3.23. The standard InChI is InChI=1S/C20H19FN4O2S/c21-14-1-3-15(4-2-14)25-11-20(9-17(25)26)10-24(6-7-27-12-20)19-18-16(5-8-28-18)22-13-23-19/h1-5,8,13H,6-7,9-12H2. The third-order valence-corrected chi connectivity index (χ3v) is 6.32. The van der Waals surface area contributed by atoms with Crippen molar-refractivity contribution in [2.45, 2.75) is 6.42 Å². The lowest BCUT2D eigenvalue weighted by Crippen LogP contribution is -2.41. The van der Waals surface area contributed by atoms with Crippen LogP contribution in [0, 0.1) is 11.2 Å². The van der Waals surface area contributed by atoms with Gasteiger partial charge in [-0.15, -0.1) is 11.3 Å². The van der Waals surface area contributed by atoms with Crippen molar-refractivity contribution in [1.82, 2.24) is 9.97 Å². The number of halogens is 1. The first-order valence-electron chi connectivity index (χ1n) is 9.20. The molecule has 0 aliphatic carbocycles. The maximum absolute atomic E-state index is 13.3.